The van der Waals surface area contributed by atoms with Crippen molar-refractivity contribution in [1.29, 1.82) is 0 Å². The number of ether oxygens (including phenoxy) is 1. The molecule has 0 spiro atoms. The van der Waals surface area contributed by atoms with E-state index < -0.39 is 0 Å². The van der Waals surface area contributed by atoms with Crippen molar-refractivity contribution in [1.82, 2.24) is 9.55 Å². The Morgan fingerprint density at radius 2 is 2.27 bits per heavy atom. The third-order valence-electron chi connectivity index (χ3n) is 2.36. The van der Waals surface area contributed by atoms with Gasteiger partial charge in [0.15, 0.2) is 0 Å². The summed E-state index contributed by atoms with van der Waals surface area (Å²) in [5.74, 6) is 0.768. The Bertz CT molecular complexity index is 479. The minimum Gasteiger partial charge on any atom is -0.494 e. The van der Waals surface area contributed by atoms with Crippen LogP contribution < -0.4 is 4.74 Å². The van der Waals surface area contributed by atoms with E-state index in [0.29, 0.717) is 5.28 Å². The van der Waals surface area contributed by atoms with E-state index in [-0.39, 0.29) is 0 Å². The molecule has 0 aliphatic heterocycles. The lowest BCUT2D eigenvalue weighted by molar-refractivity contribution is 0.419. The van der Waals surface area contributed by atoms with Crippen molar-refractivity contribution in [3.8, 4) is 5.75 Å². The highest BCUT2D eigenvalue weighted by atomic mass is 35.5. The SMILES string of the molecule is CCCn1c(Cl)nc2c(OC)cccc21. The molecule has 4 heteroatoms. The number of fused-ring (bicyclic) bond motifs is 1. The first-order valence-corrected chi connectivity index (χ1v) is 5.34. The summed E-state index contributed by atoms with van der Waals surface area (Å²) in [7, 11) is 1.64. The van der Waals surface area contributed by atoms with Crippen LogP contribution in [0.1, 0.15) is 13.3 Å². The second-order valence-corrected chi connectivity index (χ2v) is 3.70. The molecule has 0 aliphatic rings. The fourth-order valence-electron chi connectivity index (χ4n) is 1.69. The van der Waals surface area contributed by atoms with Crippen LogP contribution in [0.3, 0.4) is 0 Å². The molecule has 15 heavy (non-hydrogen) atoms. The van der Waals surface area contributed by atoms with Crippen molar-refractivity contribution < 1.29 is 4.74 Å². The molecular formula is C11H13ClN2O. The van der Waals surface area contributed by atoms with Crippen molar-refractivity contribution in [3.63, 3.8) is 0 Å². The topological polar surface area (TPSA) is 27.1 Å². The van der Waals surface area contributed by atoms with E-state index in [1.807, 2.05) is 22.8 Å². The lowest BCUT2D eigenvalue weighted by atomic mass is 10.3. The van der Waals surface area contributed by atoms with E-state index in [4.69, 9.17) is 16.3 Å². The lowest BCUT2D eigenvalue weighted by Gasteiger charge is -2.03. The monoisotopic (exact) mass is 224 g/mol. The number of benzene rings is 1. The number of rotatable bonds is 3. The average molecular weight is 225 g/mol. The Balaban J connectivity index is 2.67. The van der Waals surface area contributed by atoms with Crippen LogP contribution in [0.5, 0.6) is 5.75 Å². The first kappa shape index (κ1) is 10.3. The van der Waals surface area contributed by atoms with Gasteiger partial charge < -0.3 is 9.30 Å². The van der Waals surface area contributed by atoms with Crippen LogP contribution in [0, 0.1) is 0 Å². The fraction of sp³-hybridized carbons (Fsp3) is 0.364. The van der Waals surface area contributed by atoms with Crippen LogP contribution >= 0.6 is 11.6 Å². The smallest absolute Gasteiger partial charge is 0.203 e. The third kappa shape index (κ3) is 1.67. The van der Waals surface area contributed by atoms with Gasteiger partial charge in [-0.1, -0.05) is 13.0 Å². The van der Waals surface area contributed by atoms with Gasteiger partial charge in [0.2, 0.25) is 5.28 Å². The molecule has 1 aromatic heterocycles. The normalized spacial score (nSPS) is 10.9. The maximum atomic E-state index is 6.07. The van der Waals surface area contributed by atoms with Gasteiger partial charge in [-0.3, -0.25) is 0 Å². The molecule has 0 fully saturated rings. The molecular weight excluding hydrogens is 212 g/mol. The van der Waals surface area contributed by atoms with E-state index in [9.17, 15) is 0 Å². The number of aryl methyl sites for hydroxylation is 1. The van der Waals surface area contributed by atoms with E-state index in [1.165, 1.54) is 0 Å². The molecule has 0 radical (unpaired) electrons. The van der Waals surface area contributed by atoms with E-state index in [2.05, 4.69) is 11.9 Å². The molecule has 2 aromatic rings. The molecule has 0 amide bonds. The predicted molar refractivity (Wildman–Crippen MR) is 61.6 cm³/mol. The summed E-state index contributed by atoms with van der Waals surface area (Å²) >= 11 is 6.07. The van der Waals surface area contributed by atoms with Gasteiger partial charge in [-0.05, 0) is 30.2 Å². The second-order valence-electron chi connectivity index (χ2n) is 3.36. The van der Waals surface area contributed by atoms with Crippen molar-refractivity contribution in [2.45, 2.75) is 19.9 Å². The Morgan fingerprint density at radius 3 is 2.93 bits per heavy atom. The van der Waals surface area contributed by atoms with E-state index in [1.54, 1.807) is 7.11 Å². The number of para-hydroxylation sites is 1. The molecule has 80 valence electrons. The average Bonchev–Trinajstić information content (AvgIpc) is 2.56. The second kappa shape index (κ2) is 4.11. The highest BCUT2D eigenvalue weighted by Gasteiger charge is 2.11. The summed E-state index contributed by atoms with van der Waals surface area (Å²) in [4.78, 5) is 4.31. The van der Waals surface area contributed by atoms with E-state index >= 15 is 0 Å². The summed E-state index contributed by atoms with van der Waals surface area (Å²) in [6, 6.07) is 5.85. The number of halogens is 1. The largest absolute Gasteiger partial charge is 0.494 e. The van der Waals surface area contributed by atoms with Gasteiger partial charge in [0.25, 0.3) is 0 Å². The quantitative estimate of drug-likeness (QED) is 0.801. The minimum absolute atomic E-state index is 0.524. The zero-order chi connectivity index (χ0) is 10.8. The summed E-state index contributed by atoms with van der Waals surface area (Å²) < 4.78 is 7.24. The Labute approximate surface area is 93.6 Å². The summed E-state index contributed by atoms with van der Waals surface area (Å²) in [5, 5.41) is 0.524. The van der Waals surface area contributed by atoms with Crippen LogP contribution in [0.2, 0.25) is 5.28 Å². The van der Waals surface area contributed by atoms with Crippen LogP contribution in [0.4, 0.5) is 0 Å². The van der Waals surface area contributed by atoms with Crippen LogP contribution in [0.25, 0.3) is 11.0 Å². The van der Waals surface area contributed by atoms with Crippen LogP contribution in [-0.4, -0.2) is 16.7 Å². The Kier molecular flexibility index (Phi) is 2.82. The number of nitrogens with zero attached hydrogens (tertiary/aromatic N) is 2. The molecule has 0 unspecified atom stereocenters. The summed E-state index contributed by atoms with van der Waals surface area (Å²) in [6.07, 6.45) is 1.03. The zero-order valence-corrected chi connectivity index (χ0v) is 9.58. The molecule has 0 saturated heterocycles. The number of aromatic nitrogens is 2. The predicted octanol–water partition coefficient (Wildman–Crippen LogP) is 3.11. The number of methoxy groups -OCH3 is 1. The molecule has 1 heterocycles. The molecule has 2 rings (SSSR count). The maximum absolute atomic E-state index is 6.07. The molecule has 0 saturated carbocycles. The summed E-state index contributed by atoms with van der Waals surface area (Å²) in [5.41, 5.74) is 1.86. The van der Waals surface area contributed by atoms with Crippen molar-refractivity contribution in [2.24, 2.45) is 0 Å². The van der Waals surface area contributed by atoms with Gasteiger partial charge in [-0.2, -0.15) is 0 Å². The molecule has 0 atom stereocenters. The fourth-order valence-corrected chi connectivity index (χ4v) is 1.95. The van der Waals surface area contributed by atoms with Gasteiger partial charge in [-0.25, -0.2) is 4.98 Å². The van der Waals surface area contributed by atoms with Gasteiger partial charge in [0.05, 0.1) is 12.6 Å². The first-order valence-electron chi connectivity index (χ1n) is 4.96. The maximum Gasteiger partial charge on any atom is 0.203 e. The van der Waals surface area contributed by atoms with Gasteiger partial charge in [0, 0.05) is 6.54 Å². The van der Waals surface area contributed by atoms with Crippen LogP contribution in [0.15, 0.2) is 18.2 Å². The highest BCUT2D eigenvalue weighted by molar-refractivity contribution is 6.29. The number of imidazole rings is 1. The van der Waals surface area contributed by atoms with Gasteiger partial charge in [0.1, 0.15) is 11.3 Å². The van der Waals surface area contributed by atoms with Gasteiger partial charge in [-0.15, -0.1) is 0 Å². The van der Waals surface area contributed by atoms with Gasteiger partial charge >= 0.3 is 0 Å². The molecule has 0 N–H and O–H groups in total. The van der Waals surface area contributed by atoms with E-state index in [0.717, 1.165) is 29.7 Å². The number of hydrogen-bond acceptors (Lipinski definition) is 2. The first-order chi connectivity index (χ1) is 7.27. The Hall–Kier alpha value is -1.22. The number of hydrogen-bond donors (Lipinski definition) is 0. The third-order valence-corrected chi connectivity index (χ3v) is 2.65. The zero-order valence-electron chi connectivity index (χ0n) is 8.83. The minimum atomic E-state index is 0.524. The summed E-state index contributed by atoms with van der Waals surface area (Å²) in [6.45, 7) is 2.99. The molecule has 0 aliphatic carbocycles. The molecule has 0 bridgehead atoms. The lowest BCUT2D eigenvalue weighted by Crippen LogP contribution is -1.96. The van der Waals surface area contributed by atoms with Crippen molar-refractivity contribution >= 4 is 22.6 Å². The molecule has 1 aromatic carbocycles. The standard InChI is InChI=1S/C11H13ClN2O/c1-3-7-14-8-5-4-6-9(15-2)10(8)13-11(14)12/h4-6H,3,7H2,1-2H3. The van der Waals surface area contributed by atoms with Crippen molar-refractivity contribution in [2.75, 3.05) is 7.11 Å². The van der Waals surface area contributed by atoms with Crippen LogP contribution in [-0.2, 0) is 6.54 Å². The highest BCUT2D eigenvalue weighted by Crippen LogP contribution is 2.27. The Morgan fingerprint density at radius 1 is 1.47 bits per heavy atom. The van der Waals surface area contributed by atoms with Crippen molar-refractivity contribution in [3.05, 3.63) is 23.5 Å². The molecule has 3 nitrogen and oxygen atoms in total.